The lowest BCUT2D eigenvalue weighted by Gasteiger charge is -2.05. The minimum Gasteiger partial charge on any atom is -0.285 e. The summed E-state index contributed by atoms with van der Waals surface area (Å²) in [4.78, 5) is 0. The molecule has 1 atom stereocenters. The predicted octanol–water partition coefficient (Wildman–Crippen LogP) is 2.71. The summed E-state index contributed by atoms with van der Waals surface area (Å²) in [6.45, 7) is 0. The van der Waals surface area contributed by atoms with Crippen LogP contribution in [0.25, 0.3) is 5.65 Å². The monoisotopic (exact) mass is 283 g/mol. The van der Waals surface area contributed by atoms with Crippen LogP contribution in [-0.4, -0.2) is 26.1 Å². The van der Waals surface area contributed by atoms with E-state index in [0.717, 1.165) is 15.9 Å². The molecule has 3 nitrogen and oxygen atoms in total. The highest BCUT2D eigenvalue weighted by molar-refractivity contribution is 9.10. The number of aromatic nitrogens is 3. The molecule has 2 aromatic heterocycles. The quantitative estimate of drug-likeness (QED) is 0.806. The average molecular weight is 284 g/mol. The molecule has 1 aliphatic heterocycles. The number of hydrogen-bond acceptors (Lipinski definition) is 3. The second-order valence-corrected chi connectivity index (χ2v) is 5.76. The molecule has 1 fully saturated rings. The zero-order valence-electron chi connectivity index (χ0n) is 8.06. The van der Waals surface area contributed by atoms with Gasteiger partial charge in [-0.3, -0.25) is 4.40 Å². The maximum Gasteiger partial charge on any atom is 0.160 e. The first-order chi connectivity index (χ1) is 7.34. The molecule has 0 amide bonds. The van der Waals surface area contributed by atoms with Gasteiger partial charge in [-0.1, -0.05) is 0 Å². The molecule has 0 bridgehead atoms. The molecule has 0 N–H and O–H groups in total. The van der Waals surface area contributed by atoms with Crippen molar-refractivity contribution in [2.24, 2.45) is 0 Å². The summed E-state index contributed by atoms with van der Waals surface area (Å²) < 4.78 is 3.17. The van der Waals surface area contributed by atoms with Gasteiger partial charge in [0.05, 0.1) is 0 Å². The third-order valence-electron chi connectivity index (χ3n) is 2.69. The smallest absolute Gasteiger partial charge is 0.160 e. The molecular weight excluding hydrogens is 274 g/mol. The SMILES string of the molecule is Brc1ccc2nnc(C3CCSC3)n2c1. The zero-order chi connectivity index (χ0) is 10.3. The first kappa shape index (κ1) is 9.66. The Balaban J connectivity index is 2.13. The third kappa shape index (κ3) is 1.67. The van der Waals surface area contributed by atoms with E-state index in [1.807, 2.05) is 30.1 Å². The van der Waals surface area contributed by atoms with Crippen LogP contribution in [0.1, 0.15) is 18.2 Å². The second-order valence-electron chi connectivity index (χ2n) is 3.69. The number of fused-ring (bicyclic) bond motifs is 1. The Morgan fingerprint density at radius 2 is 2.33 bits per heavy atom. The van der Waals surface area contributed by atoms with Gasteiger partial charge in [-0.05, 0) is 40.2 Å². The molecule has 3 rings (SSSR count). The maximum atomic E-state index is 4.30. The topological polar surface area (TPSA) is 30.2 Å². The molecular formula is C10H10BrN3S. The molecule has 3 heterocycles. The Bertz CT molecular complexity index is 490. The van der Waals surface area contributed by atoms with E-state index in [9.17, 15) is 0 Å². The normalized spacial score (nSPS) is 21.3. The van der Waals surface area contributed by atoms with E-state index in [1.165, 1.54) is 17.9 Å². The molecule has 1 saturated heterocycles. The first-order valence-corrected chi connectivity index (χ1v) is 6.87. The highest BCUT2D eigenvalue weighted by Crippen LogP contribution is 2.31. The predicted molar refractivity (Wildman–Crippen MR) is 65.4 cm³/mol. The number of halogens is 1. The minimum atomic E-state index is 0.569. The summed E-state index contributed by atoms with van der Waals surface area (Å²) in [5, 5.41) is 8.48. The van der Waals surface area contributed by atoms with Crippen LogP contribution in [0, 0.1) is 0 Å². The zero-order valence-corrected chi connectivity index (χ0v) is 10.5. The van der Waals surface area contributed by atoms with Gasteiger partial charge in [0.15, 0.2) is 5.65 Å². The van der Waals surface area contributed by atoms with Crippen LogP contribution in [0.3, 0.4) is 0 Å². The van der Waals surface area contributed by atoms with Crippen molar-refractivity contribution >= 4 is 33.3 Å². The number of thioether (sulfide) groups is 1. The standard InChI is InChI=1S/C10H10BrN3S/c11-8-1-2-9-12-13-10(14(9)5-8)7-3-4-15-6-7/h1-2,5,7H,3-4,6H2. The highest BCUT2D eigenvalue weighted by Gasteiger charge is 2.22. The van der Waals surface area contributed by atoms with E-state index in [4.69, 9.17) is 0 Å². The van der Waals surface area contributed by atoms with Crippen molar-refractivity contribution < 1.29 is 0 Å². The fourth-order valence-corrected chi connectivity index (χ4v) is 3.45. The molecule has 0 radical (unpaired) electrons. The van der Waals surface area contributed by atoms with E-state index in [1.54, 1.807) is 0 Å². The molecule has 15 heavy (non-hydrogen) atoms. The van der Waals surface area contributed by atoms with Crippen molar-refractivity contribution in [1.82, 2.24) is 14.6 Å². The summed E-state index contributed by atoms with van der Waals surface area (Å²) >= 11 is 5.48. The van der Waals surface area contributed by atoms with Gasteiger partial charge >= 0.3 is 0 Å². The molecule has 1 unspecified atom stereocenters. The van der Waals surface area contributed by atoms with Gasteiger partial charge in [-0.2, -0.15) is 11.8 Å². The molecule has 2 aromatic rings. The van der Waals surface area contributed by atoms with Crippen molar-refractivity contribution in [1.29, 1.82) is 0 Å². The Morgan fingerprint density at radius 3 is 3.13 bits per heavy atom. The van der Waals surface area contributed by atoms with Gasteiger partial charge in [0.25, 0.3) is 0 Å². The van der Waals surface area contributed by atoms with Crippen LogP contribution in [0.4, 0.5) is 0 Å². The summed E-state index contributed by atoms with van der Waals surface area (Å²) in [7, 11) is 0. The van der Waals surface area contributed by atoms with Gasteiger partial charge in [0.1, 0.15) is 5.82 Å². The molecule has 0 saturated carbocycles. The van der Waals surface area contributed by atoms with Crippen LogP contribution < -0.4 is 0 Å². The Morgan fingerprint density at radius 1 is 1.40 bits per heavy atom. The van der Waals surface area contributed by atoms with E-state index >= 15 is 0 Å². The number of nitrogens with zero attached hydrogens (tertiary/aromatic N) is 3. The maximum absolute atomic E-state index is 4.30. The van der Waals surface area contributed by atoms with Crippen LogP contribution in [0.5, 0.6) is 0 Å². The lowest BCUT2D eigenvalue weighted by Crippen LogP contribution is -2.02. The Kier molecular flexibility index (Phi) is 2.44. The molecule has 0 aliphatic carbocycles. The number of rotatable bonds is 1. The fourth-order valence-electron chi connectivity index (χ4n) is 1.90. The highest BCUT2D eigenvalue weighted by atomic mass is 79.9. The van der Waals surface area contributed by atoms with E-state index < -0.39 is 0 Å². The molecule has 5 heteroatoms. The van der Waals surface area contributed by atoms with Gasteiger partial charge < -0.3 is 0 Å². The first-order valence-electron chi connectivity index (χ1n) is 4.92. The van der Waals surface area contributed by atoms with Crippen molar-refractivity contribution in [3.63, 3.8) is 0 Å². The van der Waals surface area contributed by atoms with Crippen LogP contribution in [0.2, 0.25) is 0 Å². The van der Waals surface area contributed by atoms with Gasteiger partial charge in [0.2, 0.25) is 0 Å². The van der Waals surface area contributed by atoms with E-state index in [2.05, 4.69) is 30.5 Å². The summed E-state index contributed by atoms with van der Waals surface area (Å²) in [5.74, 6) is 4.09. The largest absolute Gasteiger partial charge is 0.285 e. The molecule has 78 valence electrons. The van der Waals surface area contributed by atoms with Gasteiger partial charge in [-0.25, -0.2) is 0 Å². The van der Waals surface area contributed by atoms with Crippen LogP contribution in [0.15, 0.2) is 22.8 Å². The van der Waals surface area contributed by atoms with E-state index in [-0.39, 0.29) is 0 Å². The van der Waals surface area contributed by atoms with Gasteiger partial charge in [0, 0.05) is 22.3 Å². The lowest BCUT2D eigenvalue weighted by molar-refractivity contribution is 0.705. The van der Waals surface area contributed by atoms with E-state index in [0.29, 0.717) is 5.92 Å². The second kappa shape index (κ2) is 3.79. The lowest BCUT2D eigenvalue weighted by atomic mass is 10.1. The summed E-state index contributed by atoms with van der Waals surface area (Å²) in [6.07, 6.45) is 3.27. The van der Waals surface area contributed by atoms with Crippen LogP contribution in [-0.2, 0) is 0 Å². The minimum absolute atomic E-state index is 0.569. The Labute approximate surface area is 100 Å². The van der Waals surface area contributed by atoms with Crippen molar-refractivity contribution in [3.05, 3.63) is 28.6 Å². The molecule has 0 spiro atoms. The molecule has 1 aliphatic rings. The molecule has 0 aromatic carbocycles. The summed E-state index contributed by atoms with van der Waals surface area (Å²) in [5.41, 5.74) is 0.935. The Hall–Kier alpha value is -0.550. The van der Waals surface area contributed by atoms with Crippen molar-refractivity contribution in [2.75, 3.05) is 11.5 Å². The van der Waals surface area contributed by atoms with Crippen molar-refractivity contribution in [2.45, 2.75) is 12.3 Å². The number of hydrogen-bond donors (Lipinski definition) is 0. The average Bonchev–Trinajstić information content (AvgIpc) is 2.83. The van der Waals surface area contributed by atoms with Crippen molar-refractivity contribution in [3.8, 4) is 0 Å². The summed E-state index contributed by atoms with van der Waals surface area (Å²) in [6, 6.07) is 3.99. The third-order valence-corrected chi connectivity index (χ3v) is 4.32. The fraction of sp³-hybridized carbons (Fsp3) is 0.400. The van der Waals surface area contributed by atoms with Crippen LogP contribution >= 0.6 is 27.7 Å². The number of pyridine rings is 1. The van der Waals surface area contributed by atoms with Gasteiger partial charge in [-0.15, -0.1) is 10.2 Å².